The molecule has 2 amide bonds. The maximum atomic E-state index is 13.7. The second kappa shape index (κ2) is 6.89. The summed E-state index contributed by atoms with van der Waals surface area (Å²) < 4.78 is 0. The van der Waals surface area contributed by atoms with Crippen LogP contribution in [0.4, 0.5) is 0 Å². The fourth-order valence-electron chi connectivity index (χ4n) is 6.97. The largest absolute Gasteiger partial charge is 0.350 e. The van der Waals surface area contributed by atoms with E-state index >= 15 is 0 Å². The Morgan fingerprint density at radius 2 is 1.64 bits per heavy atom. The van der Waals surface area contributed by atoms with E-state index < -0.39 is 0 Å². The molecule has 1 N–H and O–H groups in total. The SMILES string of the molecule is Cc1ccc(CNC(=O)C2CCCN2C(=O)C23CC4CC(CC(C4)C2)C3)cc1. The minimum Gasteiger partial charge on any atom is -0.350 e. The van der Waals surface area contributed by atoms with Crippen molar-refractivity contribution >= 4 is 11.8 Å². The van der Waals surface area contributed by atoms with E-state index in [0.717, 1.165) is 62.0 Å². The average Bonchev–Trinajstić information content (AvgIpc) is 3.15. The number of amides is 2. The molecule has 5 aliphatic rings. The fourth-order valence-corrected chi connectivity index (χ4v) is 6.97. The number of aryl methyl sites for hydroxylation is 1. The number of rotatable bonds is 4. The maximum Gasteiger partial charge on any atom is 0.243 e. The van der Waals surface area contributed by atoms with Crippen molar-refractivity contribution in [3.8, 4) is 0 Å². The summed E-state index contributed by atoms with van der Waals surface area (Å²) in [6.07, 6.45) is 9.00. The second-order valence-corrected chi connectivity index (χ2v) is 10.1. The average molecular weight is 381 g/mol. The summed E-state index contributed by atoms with van der Waals surface area (Å²) >= 11 is 0. The molecule has 1 saturated heterocycles. The first-order valence-electron chi connectivity index (χ1n) is 11.2. The third-order valence-electron chi connectivity index (χ3n) is 7.90. The van der Waals surface area contributed by atoms with E-state index in [1.165, 1.54) is 24.8 Å². The highest BCUT2D eigenvalue weighted by Gasteiger charge is 2.56. The predicted octanol–water partition coefficient (Wildman–Crippen LogP) is 3.82. The number of hydrogen-bond acceptors (Lipinski definition) is 2. The lowest BCUT2D eigenvalue weighted by Crippen LogP contribution is -2.57. The Morgan fingerprint density at radius 1 is 1.04 bits per heavy atom. The van der Waals surface area contributed by atoms with Crippen molar-refractivity contribution in [1.29, 1.82) is 0 Å². The van der Waals surface area contributed by atoms with Crippen LogP contribution in [0.1, 0.15) is 62.5 Å². The van der Waals surface area contributed by atoms with E-state index in [4.69, 9.17) is 0 Å². The van der Waals surface area contributed by atoms with E-state index in [9.17, 15) is 9.59 Å². The quantitative estimate of drug-likeness (QED) is 0.863. The summed E-state index contributed by atoms with van der Waals surface area (Å²) in [6, 6.07) is 7.98. The van der Waals surface area contributed by atoms with Crippen LogP contribution in [0.3, 0.4) is 0 Å². The van der Waals surface area contributed by atoms with E-state index in [1.807, 2.05) is 4.90 Å². The molecular formula is C24H32N2O2. The highest BCUT2D eigenvalue weighted by molar-refractivity contribution is 5.91. The summed E-state index contributed by atoms with van der Waals surface area (Å²) in [5.74, 6) is 2.60. The first-order chi connectivity index (χ1) is 13.5. The lowest BCUT2D eigenvalue weighted by Gasteiger charge is -2.56. The first kappa shape index (κ1) is 18.2. The summed E-state index contributed by atoms with van der Waals surface area (Å²) in [7, 11) is 0. The van der Waals surface area contributed by atoms with Gasteiger partial charge in [-0.05, 0) is 81.6 Å². The molecule has 28 heavy (non-hydrogen) atoms. The molecule has 4 bridgehead atoms. The Morgan fingerprint density at radius 3 is 2.25 bits per heavy atom. The van der Waals surface area contributed by atoms with Crippen LogP contribution in [0.5, 0.6) is 0 Å². The van der Waals surface area contributed by atoms with E-state index in [1.54, 1.807) is 0 Å². The summed E-state index contributed by atoms with van der Waals surface area (Å²) in [5.41, 5.74) is 2.18. The number of likely N-dealkylation sites (tertiary alicyclic amines) is 1. The molecule has 6 rings (SSSR count). The predicted molar refractivity (Wildman–Crippen MR) is 108 cm³/mol. The minimum absolute atomic E-state index is 0.0242. The van der Waals surface area contributed by atoms with Gasteiger partial charge in [0.1, 0.15) is 6.04 Å². The van der Waals surface area contributed by atoms with Gasteiger partial charge in [0.25, 0.3) is 0 Å². The fraction of sp³-hybridized carbons (Fsp3) is 0.667. The molecule has 0 spiro atoms. The Hall–Kier alpha value is -1.84. The van der Waals surface area contributed by atoms with Gasteiger partial charge < -0.3 is 10.2 Å². The number of hydrogen-bond donors (Lipinski definition) is 1. The van der Waals surface area contributed by atoms with Crippen LogP contribution in [0.2, 0.25) is 0 Å². The van der Waals surface area contributed by atoms with Crippen molar-refractivity contribution in [2.45, 2.75) is 70.9 Å². The van der Waals surface area contributed by atoms with Crippen LogP contribution in [0.15, 0.2) is 24.3 Å². The number of nitrogens with one attached hydrogen (secondary N) is 1. The summed E-state index contributed by atoms with van der Waals surface area (Å²) in [6.45, 7) is 3.35. The molecule has 1 atom stereocenters. The molecule has 1 unspecified atom stereocenters. The smallest absolute Gasteiger partial charge is 0.243 e. The van der Waals surface area contributed by atoms with Gasteiger partial charge in [0.15, 0.2) is 0 Å². The van der Waals surface area contributed by atoms with Gasteiger partial charge in [0.2, 0.25) is 11.8 Å². The normalized spacial score (nSPS) is 36.0. The van der Waals surface area contributed by atoms with E-state index in [2.05, 4.69) is 36.5 Å². The molecule has 4 nitrogen and oxygen atoms in total. The van der Waals surface area contributed by atoms with Gasteiger partial charge in [0.05, 0.1) is 5.41 Å². The summed E-state index contributed by atoms with van der Waals surface area (Å²) in [5, 5.41) is 3.09. The van der Waals surface area contributed by atoms with Gasteiger partial charge in [-0.1, -0.05) is 29.8 Å². The molecule has 4 saturated carbocycles. The van der Waals surface area contributed by atoms with Gasteiger partial charge in [-0.25, -0.2) is 0 Å². The zero-order valence-corrected chi connectivity index (χ0v) is 17.0. The molecule has 1 aromatic carbocycles. The van der Waals surface area contributed by atoms with Crippen LogP contribution in [-0.2, 0) is 16.1 Å². The van der Waals surface area contributed by atoms with Crippen LogP contribution < -0.4 is 5.32 Å². The number of nitrogens with zero attached hydrogens (tertiary/aromatic N) is 1. The van der Waals surface area contributed by atoms with Crippen molar-refractivity contribution in [2.75, 3.05) is 6.54 Å². The van der Waals surface area contributed by atoms with Crippen LogP contribution in [-0.4, -0.2) is 29.3 Å². The van der Waals surface area contributed by atoms with Gasteiger partial charge >= 0.3 is 0 Å². The maximum absolute atomic E-state index is 13.7. The molecule has 150 valence electrons. The molecule has 1 aliphatic heterocycles. The summed E-state index contributed by atoms with van der Waals surface area (Å²) in [4.78, 5) is 28.5. The van der Waals surface area contributed by atoms with Crippen molar-refractivity contribution in [3.05, 3.63) is 35.4 Å². The molecule has 4 heteroatoms. The Balaban J connectivity index is 1.26. The van der Waals surface area contributed by atoms with Gasteiger partial charge in [-0.2, -0.15) is 0 Å². The van der Waals surface area contributed by atoms with Crippen LogP contribution in [0, 0.1) is 30.1 Å². The van der Waals surface area contributed by atoms with Crippen molar-refractivity contribution in [3.63, 3.8) is 0 Å². The van der Waals surface area contributed by atoms with Crippen LogP contribution >= 0.6 is 0 Å². The van der Waals surface area contributed by atoms with Crippen molar-refractivity contribution < 1.29 is 9.59 Å². The van der Waals surface area contributed by atoms with Gasteiger partial charge in [-0.15, -0.1) is 0 Å². The second-order valence-electron chi connectivity index (χ2n) is 10.1. The third kappa shape index (κ3) is 3.15. The molecule has 0 radical (unpaired) electrons. The topological polar surface area (TPSA) is 49.4 Å². The zero-order valence-electron chi connectivity index (χ0n) is 17.0. The Kier molecular flexibility index (Phi) is 4.48. The lowest BCUT2D eigenvalue weighted by molar-refractivity contribution is -0.160. The molecule has 5 fully saturated rings. The van der Waals surface area contributed by atoms with Gasteiger partial charge in [0, 0.05) is 13.1 Å². The first-order valence-corrected chi connectivity index (χ1v) is 11.2. The number of carbonyl (C=O) groups excluding carboxylic acids is 2. The highest BCUT2D eigenvalue weighted by Crippen LogP contribution is 2.60. The molecule has 4 aliphatic carbocycles. The Labute approximate surface area is 168 Å². The Bertz CT molecular complexity index is 734. The van der Waals surface area contributed by atoms with E-state index in [0.29, 0.717) is 12.5 Å². The number of carbonyl (C=O) groups is 2. The number of benzene rings is 1. The van der Waals surface area contributed by atoms with Crippen molar-refractivity contribution in [1.82, 2.24) is 10.2 Å². The third-order valence-corrected chi connectivity index (χ3v) is 7.90. The molecule has 0 aromatic heterocycles. The molecule has 1 aromatic rings. The van der Waals surface area contributed by atoms with Crippen LogP contribution in [0.25, 0.3) is 0 Å². The van der Waals surface area contributed by atoms with Gasteiger partial charge in [-0.3, -0.25) is 9.59 Å². The van der Waals surface area contributed by atoms with E-state index in [-0.39, 0.29) is 17.4 Å². The molecular weight excluding hydrogens is 348 g/mol. The standard InChI is InChI=1S/C24H32N2O2/c1-16-4-6-17(7-5-16)15-25-22(27)21-3-2-8-26(21)23(28)24-12-18-9-19(13-24)11-20(10-18)14-24/h4-7,18-21H,2-3,8-15H2,1H3,(H,25,27). The van der Waals surface area contributed by atoms with Crippen molar-refractivity contribution in [2.24, 2.45) is 23.2 Å². The molecule has 1 heterocycles. The zero-order chi connectivity index (χ0) is 19.3. The monoisotopic (exact) mass is 380 g/mol. The minimum atomic E-state index is -0.272. The lowest BCUT2D eigenvalue weighted by atomic mass is 9.49. The highest BCUT2D eigenvalue weighted by atomic mass is 16.2.